The monoisotopic (exact) mass is 149 g/mol. The van der Waals surface area contributed by atoms with Gasteiger partial charge in [0.1, 0.15) is 0 Å². The molecule has 2 nitrogen and oxygen atoms in total. The topological polar surface area (TPSA) is 26.1 Å². The molecule has 0 bridgehead atoms. The van der Waals surface area contributed by atoms with Crippen LogP contribution in [0.4, 0.5) is 0 Å². The third-order valence-corrected chi connectivity index (χ3v) is 1.40. The van der Waals surface area contributed by atoms with Crippen molar-refractivity contribution in [3.8, 4) is 0 Å². The van der Waals surface area contributed by atoms with E-state index in [4.69, 9.17) is 0 Å². The van der Waals surface area contributed by atoms with Crippen molar-refractivity contribution in [2.45, 2.75) is 6.92 Å². The molecule has 0 aromatic heterocycles. The van der Waals surface area contributed by atoms with E-state index in [2.05, 4.69) is 0 Å². The minimum Gasteiger partial charge on any atom is -0.624 e. The Balaban J connectivity index is 2.79. The molecular weight excluding hydrogens is 138 g/mol. The van der Waals surface area contributed by atoms with E-state index in [-0.39, 0.29) is 0 Å². The SMILES string of the molecule is CC[N+]([O-])=Cc1ccccc1. The summed E-state index contributed by atoms with van der Waals surface area (Å²) >= 11 is 0. The third-order valence-electron chi connectivity index (χ3n) is 1.40. The van der Waals surface area contributed by atoms with Crippen LogP contribution in [-0.4, -0.2) is 17.5 Å². The van der Waals surface area contributed by atoms with Gasteiger partial charge in [-0.05, 0) is 19.1 Å². The number of benzene rings is 1. The molecule has 2 heteroatoms. The summed E-state index contributed by atoms with van der Waals surface area (Å²) in [6.07, 6.45) is 1.58. The lowest BCUT2D eigenvalue weighted by atomic mass is 10.2. The lowest BCUT2D eigenvalue weighted by molar-refractivity contribution is -0.447. The van der Waals surface area contributed by atoms with Gasteiger partial charge in [0.15, 0.2) is 12.8 Å². The first-order valence-corrected chi connectivity index (χ1v) is 3.66. The largest absolute Gasteiger partial charge is 0.624 e. The van der Waals surface area contributed by atoms with Crippen LogP contribution in [0, 0.1) is 5.21 Å². The highest BCUT2D eigenvalue weighted by Crippen LogP contribution is 1.93. The van der Waals surface area contributed by atoms with Gasteiger partial charge in [-0.2, -0.15) is 0 Å². The van der Waals surface area contributed by atoms with Crippen molar-refractivity contribution in [1.82, 2.24) is 0 Å². The first-order chi connectivity index (χ1) is 5.33. The fourth-order valence-corrected chi connectivity index (χ4v) is 0.797. The molecule has 0 unspecified atom stereocenters. The predicted octanol–water partition coefficient (Wildman–Crippen LogP) is 1.64. The molecule has 0 aliphatic rings. The fourth-order valence-electron chi connectivity index (χ4n) is 0.797. The first kappa shape index (κ1) is 7.79. The van der Waals surface area contributed by atoms with Crippen LogP contribution in [0.25, 0.3) is 0 Å². The van der Waals surface area contributed by atoms with Gasteiger partial charge in [0.25, 0.3) is 0 Å². The summed E-state index contributed by atoms with van der Waals surface area (Å²) in [6.45, 7) is 2.32. The lowest BCUT2D eigenvalue weighted by Gasteiger charge is -1.98. The average Bonchev–Trinajstić information content (AvgIpc) is 2.06. The summed E-state index contributed by atoms with van der Waals surface area (Å²) in [5.74, 6) is 0. The van der Waals surface area contributed by atoms with E-state index in [1.54, 1.807) is 6.21 Å². The lowest BCUT2D eigenvalue weighted by Crippen LogP contribution is -2.03. The van der Waals surface area contributed by atoms with Crippen molar-refractivity contribution < 1.29 is 4.74 Å². The Bertz CT molecular complexity index is 241. The molecule has 0 saturated heterocycles. The summed E-state index contributed by atoms with van der Waals surface area (Å²) in [5, 5.41) is 10.8. The van der Waals surface area contributed by atoms with Gasteiger partial charge in [0.2, 0.25) is 0 Å². The summed E-state index contributed by atoms with van der Waals surface area (Å²) in [4.78, 5) is 0. The predicted molar refractivity (Wildman–Crippen MR) is 45.8 cm³/mol. The standard InChI is InChI=1S/C9H11NO/c1-2-10(11)8-9-6-4-3-5-7-9/h3-8H,2H2,1H3. The Hall–Kier alpha value is -1.31. The highest BCUT2D eigenvalue weighted by Gasteiger charge is 1.89. The van der Waals surface area contributed by atoms with E-state index in [0.717, 1.165) is 10.3 Å². The normalized spacial score (nSPS) is 11.5. The molecule has 1 rings (SSSR count). The Kier molecular flexibility index (Phi) is 2.66. The van der Waals surface area contributed by atoms with Crippen molar-refractivity contribution in [3.05, 3.63) is 41.1 Å². The van der Waals surface area contributed by atoms with Crippen LogP contribution >= 0.6 is 0 Å². The van der Waals surface area contributed by atoms with Crippen molar-refractivity contribution in [1.29, 1.82) is 0 Å². The molecular formula is C9H11NO. The van der Waals surface area contributed by atoms with Crippen molar-refractivity contribution in [2.75, 3.05) is 6.54 Å². The van der Waals surface area contributed by atoms with E-state index in [1.165, 1.54) is 0 Å². The molecule has 0 atom stereocenters. The second-order valence-electron chi connectivity index (χ2n) is 2.27. The number of hydroxylamine groups is 1. The van der Waals surface area contributed by atoms with Gasteiger partial charge >= 0.3 is 0 Å². The zero-order chi connectivity index (χ0) is 8.10. The zero-order valence-corrected chi connectivity index (χ0v) is 6.53. The molecule has 0 aliphatic heterocycles. The average molecular weight is 149 g/mol. The molecule has 58 valence electrons. The Morgan fingerprint density at radius 3 is 2.55 bits per heavy atom. The molecule has 0 heterocycles. The van der Waals surface area contributed by atoms with E-state index in [9.17, 15) is 5.21 Å². The molecule has 1 aromatic carbocycles. The van der Waals surface area contributed by atoms with E-state index in [0.29, 0.717) is 6.54 Å². The molecule has 0 spiro atoms. The van der Waals surface area contributed by atoms with Crippen LogP contribution in [0.2, 0.25) is 0 Å². The van der Waals surface area contributed by atoms with Gasteiger partial charge in [0.05, 0.1) is 0 Å². The summed E-state index contributed by atoms with van der Waals surface area (Å²) in [6, 6.07) is 9.56. The van der Waals surface area contributed by atoms with Gasteiger partial charge in [0, 0.05) is 5.56 Å². The van der Waals surface area contributed by atoms with Crippen LogP contribution in [0.1, 0.15) is 12.5 Å². The second-order valence-corrected chi connectivity index (χ2v) is 2.27. The minimum absolute atomic E-state index is 0.495. The number of rotatable bonds is 2. The van der Waals surface area contributed by atoms with Crippen molar-refractivity contribution in [3.63, 3.8) is 0 Å². The van der Waals surface area contributed by atoms with Gasteiger partial charge in [-0.15, -0.1) is 0 Å². The molecule has 0 aliphatic carbocycles. The van der Waals surface area contributed by atoms with Crippen LogP contribution in [-0.2, 0) is 0 Å². The van der Waals surface area contributed by atoms with Crippen LogP contribution in [0.5, 0.6) is 0 Å². The quantitative estimate of drug-likeness (QED) is 0.271. The maximum Gasteiger partial charge on any atom is 0.181 e. The maximum absolute atomic E-state index is 10.8. The van der Waals surface area contributed by atoms with E-state index in [1.807, 2.05) is 37.3 Å². The van der Waals surface area contributed by atoms with Crippen molar-refractivity contribution >= 4 is 6.21 Å². The number of hydrogen-bond donors (Lipinski definition) is 0. The Labute approximate surface area is 66.4 Å². The van der Waals surface area contributed by atoms with Crippen LogP contribution in [0.15, 0.2) is 30.3 Å². The van der Waals surface area contributed by atoms with Gasteiger partial charge in [-0.1, -0.05) is 18.2 Å². The molecule has 11 heavy (non-hydrogen) atoms. The fraction of sp³-hybridized carbons (Fsp3) is 0.222. The Morgan fingerprint density at radius 1 is 1.36 bits per heavy atom. The maximum atomic E-state index is 10.8. The smallest absolute Gasteiger partial charge is 0.181 e. The number of hydrogen-bond acceptors (Lipinski definition) is 1. The molecule has 1 aromatic rings. The van der Waals surface area contributed by atoms with Crippen LogP contribution in [0.3, 0.4) is 0 Å². The van der Waals surface area contributed by atoms with Gasteiger partial charge in [-0.25, -0.2) is 4.74 Å². The van der Waals surface area contributed by atoms with Crippen molar-refractivity contribution in [2.24, 2.45) is 0 Å². The molecule has 0 saturated carbocycles. The first-order valence-electron chi connectivity index (χ1n) is 3.66. The van der Waals surface area contributed by atoms with Gasteiger partial charge < -0.3 is 5.21 Å². The van der Waals surface area contributed by atoms with Crippen LogP contribution < -0.4 is 0 Å². The Morgan fingerprint density at radius 2 is 2.00 bits per heavy atom. The summed E-state index contributed by atoms with van der Waals surface area (Å²) < 4.78 is 0.912. The molecule has 0 radical (unpaired) electrons. The van der Waals surface area contributed by atoms with E-state index < -0.39 is 0 Å². The highest BCUT2D eigenvalue weighted by molar-refractivity contribution is 5.75. The molecule has 0 fully saturated rings. The zero-order valence-electron chi connectivity index (χ0n) is 6.53. The van der Waals surface area contributed by atoms with E-state index >= 15 is 0 Å². The summed E-state index contributed by atoms with van der Waals surface area (Å²) in [5.41, 5.74) is 0.948. The molecule has 0 amide bonds. The van der Waals surface area contributed by atoms with Gasteiger partial charge in [-0.3, -0.25) is 0 Å². The second kappa shape index (κ2) is 3.76. The highest BCUT2D eigenvalue weighted by atomic mass is 16.5. The summed E-state index contributed by atoms with van der Waals surface area (Å²) in [7, 11) is 0. The third kappa shape index (κ3) is 2.42. The molecule has 0 N–H and O–H groups in total. The number of nitrogens with zero attached hydrogens (tertiary/aromatic N) is 1. The minimum atomic E-state index is 0.495.